The number of carbonyl (C=O) groups is 1. The molecule has 8 heteroatoms. The summed E-state index contributed by atoms with van der Waals surface area (Å²) < 4.78 is 10.7. The Balaban J connectivity index is 1.48. The highest BCUT2D eigenvalue weighted by Crippen LogP contribution is 2.30. The van der Waals surface area contributed by atoms with Crippen molar-refractivity contribution >= 4 is 22.5 Å². The van der Waals surface area contributed by atoms with Crippen LogP contribution in [0.15, 0.2) is 41.2 Å². The van der Waals surface area contributed by atoms with Gasteiger partial charge in [0.2, 0.25) is 5.91 Å². The summed E-state index contributed by atoms with van der Waals surface area (Å²) in [7, 11) is 3.08. The second-order valence-electron chi connectivity index (χ2n) is 9.04. The maximum Gasteiger partial charge on any atom is 0.262 e. The van der Waals surface area contributed by atoms with Crippen LogP contribution < -0.4 is 25.2 Å². The van der Waals surface area contributed by atoms with Crippen LogP contribution in [0.25, 0.3) is 22.3 Å². The number of amides is 1. The summed E-state index contributed by atoms with van der Waals surface area (Å²) in [5, 5.41) is 3.38. The lowest BCUT2D eigenvalue weighted by atomic mass is 9.92. The van der Waals surface area contributed by atoms with Gasteiger partial charge in [-0.3, -0.25) is 9.59 Å². The van der Waals surface area contributed by atoms with E-state index in [9.17, 15) is 9.59 Å². The van der Waals surface area contributed by atoms with Crippen LogP contribution in [-0.2, 0) is 4.79 Å². The second-order valence-corrected chi connectivity index (χ2v) is 9.04. The van der Waals surface area contributed by atoms with Crippen molar-refractivity contribution in [2.45, 2.75) is 39.2 Å². The molecule has 0 radical (unpaired) electrons. The monoisotopic (exact) mass is 464 g/mol. The predicted molar refractivity (Wildman–Crippen MR) is 134 cm³/mol. The number of rotatable bonds is 7. The smallest absolute Gasteiger partial charge is 0.262 e. The third-order valence-corrected chi connectivity index (χ3v) is 6.25. The van der Waals surface area contributed by atoms with E-state index in [1.807, 2.05) is 26.0 Å². The van der Waals surface area contributed by atoms with Gasteiger partial charge in [-0.1, -0.05) is 0 Å². The van der Waals surface area contributed by atoms with Gasteiger partial charge in [0.25, 0.3) is 5.56 Å². The van der Waals surface area contributed by atoms with Gasteiger partial charge in [-0.05, 0) is 56.9 Å². The third-order valence-electron chi connectivity index (χ3n) is 6.25. The molecule has 0 saturated carbocycles. The molecule has 0 aliphatic carbocycles. The Morgan fingerprint density at radius 1 is 1.15 bits per heavy atom. The Labute approximate surface area is 199 Å². The number of aromatic nitrogens is 2. The number of nitrogens with one attached hydrogen (secondary N) is 2. The van der Waals surface area contributed by atoms with Crippen LogP contribution >= 0.6 is 0 Å². The molecule has 1 aromatic heterocycles. The summed E-state index contributed by atoms with van der Waals surface area (Å²) in [5.41, 5.74) is 2.21. The molecule has 0 unspecified atom stereocenters. The maximum absolute atomic E-state index is 12.8. The summed E-state index contributed by atoms with van der Waals surface area (Å²) in [4.78, 5) is 34.7. The zero-order chi connectivity index (χ0) is 24.2. The Morgan fingerprint density at radius 2 is 1.85 bits per heavy atom. The van der Waals surface area contributed by atoms with E-state index in [-0.39, 0.29) is 17.5 Å². The van der Waals surface area contributed by atoms with Gasteiger partial charge >= 0.3 is 0 Å². The van der Waals surface area contributed by atoms with Crippen LogP contribution in [-0.4, -0.2) is 49.2 Å². The van der Waals surface area contributed by atoms with E-state index in [2.05, 4.69) is 32.3 Å². The lowest BCUT2D eigenvalue weighted by Crippen LogP contribution is -2.37. The van der Waals surface area contributed by atoms with Gasteiger partial charge < -0.3 is 24.7 Å². The second kappa shape index (κ2) is 10.2. The Bertz CT molecular complexity index is 1210. The van der Waals surface area contributed by atoms with Crippen LogP contribution in [0.4, 0.5) is 5.69 Å². The quantitative estimate of drug-likeness (QED) is 0.553. The average Bonchev–Trinajstić information content (AvgIpc) is 2.83. The maximum atomic E-state index is 12.8. The molecular weight excluding hydrogens is 432 g/mol. The van der Waals surface area contributed by atoms with Gasteiger partial charge in [0.05, 0.1) is 19.7 Å². The van der Waals surface area contributed by atoms with Crippen molar-refractivity contribution < 1.29 is 14.3 Å². The molecule has 2 aromatic carbocycles. The topological polar surface area (TPSA) is 96.5 Å². The highest BCUT2D eigenvalue weighted by Gasteiger charge is 2.22. The lowest BCUT2D eigenvalue weighted by molar-refractivity contribution is -0.122. The molecule has 34 heavy (non-hydrogen) atoms. The number of piperidine rings is 1. The highest BCUT2D eigenvalue weighted by molar-refractivity contribution is 5.87. The standard InChI is InChI=1S/C26H32N4O4/c1-16(2)27-23(31)13-17-9-11-30(12-10-17)19-7-5-18(6-8-19)25-28-21-14-20(33-3)15-22(34-4)24(21)26(32)29-25/h5-8,14-17H,9-13H2,1-4H3,(H,27,31)(H,28,29,32). The molecule has 3 aromatic rings. The van der Waals surface area contributed by atoms with E-state index >= 15 is 0 Å². The van der Waals surface area contributed by atoms with Crippen LogP contribution in [0.3, 0.4) is 0 Å². The van der Waals surface area contributed by atoms with Gasteiger partial charge in [-0.25, -0.2) is 4.98 Å². The van der Waals surface area contributed by atoms with Crippen molar-refractivity contribution in [3.05, 3.63) is 46.8 Å². The van der Waals surface area contributed by atoms with Crippen LogP contribution in [0.5, 0.6) is 11.5 Å². The first-order valence-corrected chi connectivity index (χ1v) is 11.7. The number of anilines is 1. The van der Waals surface area contributed by atoms with E-state index in [0.29, 0.717) is 40.6 Å². The number of carbonyl (C=O) groups excluding carboxylic acids is 1. The van der Waals surface area contributed by atoms with E-state index in [1.165, 1.54) is 7.11 Å². The van der Waals surface area contributed by atoms with Crippen molar-refractivity contribution in [2.24, 2.45) is 5.92 Å². The number of aromatic amines is 1. The molecule has 1 amide bonds. The van der Waals surface area contributed by atoms with E-state index < -0.39 is 0 Å². The average molecular weight is 465 g/mol. The number of ether oxygens (including phenoxy) is 2. The number of H-pyrrole nitrogens is 1. The number of methoxy groups -OCH3 is 2. The molecule has 1 aliphatic heterocycles. The first-order valence-electron chi connectivity index (χ1n) is 11.7. The molecule has 8 nitrogen and oxygen atoms in total. The molecule has 180 valence electrons. The molecule has 1 saturated heterocycles. The van der Waals surface area contributed by atoms with Gasteiger partial charge in [-0.15, -0.1) is 0 Å². The normalized spacial score (nSPS) is 14.4. The SMILES string of the molecule is COc1cc(OC)c2c(=O)[nH]c(-c3ccc(N4CCC(CC(=O)NC(C)C)CC4)cc3)nc2c1. The molecule has 1 fully saturated rings. The molecule has 1 aliphatic rings. The van der Waals surface area contributed by atoms with Crippen LogP contribution in [0, 0.1) is 5.92 Å². The zero-order valence-electron chi connectivity index (χ0n) is 20.2. The zero-order valence-corrected chi connectivity index (χ0v) is 20.2. The number of nitrogens with zero attached hydrogens (tertiary/aromatic N) is 2. The molecule has 2 heterocycles. The number of fused-ring (bicyclic) bond motifs is 1. The van der Waals surface area contributed by atoms with Gasteiger partial charge in [0.15, 0.2) is 0 Å². The van der Waals surface area contributed by atoms with Crippen LogP contribution in [0.1, 0.15) is 33.1 Å². The molecular formula is C26H32N4O4. The fourth-order valence-corrected chi connectivity index (χ4v) is 4.50. The minimum Gasteiger partial charge on any atom is -0.497 e. The fraction of sp³-hybridized carbons (Fsp3) is 0.423. The molecule has 0 atom stereocenters. The molecule has 4 rings (SSSR count). The van der Waals surface area contributed by atoms with Crippen molar-refractivity contribution in [3.63, 3.8) is 0 Å². The van der Waals surface area contributed by atoms with Gasteiger partial charge in [-0.2, -0.15) is 0 Å². The number of hydrogen-bond acceptors (Lipinski definition) is 6. The summed E-state index contributed by atoms with van der Waals surface area (Å²) in [6, 6.07) is 11.6. The van der Waals surface area contributed by atoms with Crippen molar-refractivity contribution in [3.8, 4) is 22.9 Å². The first-order chi connectivity index (χ1) is 16.4. The van der Waals surface area contributed by atoms with Crippen molar-refractivity contribution in [1.29, 1.82) is 0 Å². The fourth-order valence-electron chi connectivity index (χ4n) is 4.50. The van der Waals surface area contributed by atoms with E-state index in [1.54, 1.807) is 19.2 Å². The Hall–Kier alpha value is -3.55. The first kappa shape index (κ1) is 23.6. The largest absolute Gasteiger partial charge is 0.497 e. The van der Waals surface area contributed by atoms with Crippen LogP contribution in [0.2, 0.25) is 0 Å². The van der Waals surface area contributed by atoms with Crippen molar-refractivity contribution in [2.75, 3.05) is 32.2 Å². The Kier molecular flexibility index (Phi) is 7.05. The number of benzene rings is 2. The highest BCUT2D eigenvalue weighted by atomic mass is 16.5. The summed E-state index contributed by atoms with van der Waals surface area (Å²) in [5.74, 6) is 2.07. The minimum absolute atomic E-state index is 0.143. The van der Waals surface area contributed by atoms with E-state index in [4.69, 9.17) is 9.47 Å². The Morgan fingerprint density at radius 3 is 2.47 bits per heavy atom. The van der Waals surface area contributed by atoms with Gasteiger partial charge in [0.1, 0.15) is 22.7 Å². The minimum atomic E-state index is -0.257. The number of hydrogen-bond donors (Lipinski definition) is 2. The van der Waals surface area contributed by atoms with Gasteiger partial charge in [0, 0.05) is 48.9 Å². The third kappa shape index (κ3) is 5.16. The molecule has 0 bridgehead atoms. The predicted octanol–water partition coefficient (Wildman–Crippen LogP) is 3.74. The molecule has 2 N–H and O–H groups in total. The summed E-state index contributed by atoms with van der Waals surface area (Å²) in [6.45, 7) is 5.81. The van der Waals surface area contributed by atoms with Crippen molar-refractivity contribution in [1.82, 2.24) is 15.3 Å². The lowest BCUT2D eigenvalue weighted by Gasteiger charge is -2.33. The van der Waals surface area contributed by atoms with E-state index in [0.717, 1.165) is 37.2 Å². The molecule has 0 spiro atoms. The summed E-state index contributed by atoms with van der Waals surface area (Å²) in [6.07, 6.45) is 2.59. The summed E-state index contributed by atoms with van der Waals surface area (Å²) >= 11 is 0.